The third kappa shape index (κ3) is 3.01. The van der Waals surface area contributed by atoms with Gasteiger partial charge in [0, 0.05) is 18.1 Å². The second-order valence-electron chi connectivity index (χ2n) is 6.79. The Labute approximate surface area is 147 Å². The van der Waals surface area contributed by atoms with Crippen LogP contribution in [0.15, 0.2) is 48.5 Å². The largest absolute Gasteiger partial charge is 0.342 e. The van der Waals surface area contributed by atoms with Crippen molar-refractivity contribution in [3.8, 4) is 0 Å². The molecular formula is C20H22ClN3. The van der Waals surface area contributed by atoms with Gasteiger partial charge in [-0.1, -0.05) is 42.8 Å². The number of aromatic nitrogens is 2. The van der Waals surface area contributed by atoms with E-state index in [2.05, 4.69) is 46.7 Å². The molecule has 0 radical (unpaired) electrons. The van der Waals surface area contributed by atoms with Crippen molar-refractivity contribution in [2.45, 2.75) is 26.3 Å². The number of rotatable bonds is 3. The van der Waals surface area contributed by atoms with Gasteiger partial charge >= 0.3 is 0 Å². The molecule has 1 fully saturated rings. The summed E-state index contributed by atoms with van der Waals surface area (Å²) in [5.41, 5.74) is 3.46. The Kier molecular flexibility index (Phi) is 4.19. The highest BCUT2D eigenvalue weighted by Crippen LogP contribution is 2.28. The molecule has 0 bridgehead atoms. The smallest absolute Gasteiger partial charge is 0.206 e. The molecule has 3 aromatic rings. The second-order valence-corrected chi connectivity index (χ2v) is 7.22. The van der Waals surface area contributed by atoms with Gasteiger partial charge in [0.15, 0.2) is 0 Å². The highest BCUT2D eigenvalue weighted by atomic mass is 35.5. The predicted molar refractivity (Wildman–Crippen MR) is 101 cm³/mol. The summed E-state index contributed by atoms with van der Waals surface area (Å²) in [6.07, 6.45) is 2.47. The van der Waals surface area contributed by atoms with Gasteiger partial charge in [-0.2, -0.15) is 0 Å². The lowest BCUT2D eigenvalue weighted by atomic mass is 10.00. The molecule has 0 N–H and O–H groups in total. The summed E-state index contributed by atoms with van der Waals surface area (Å²) < 4.78 is 2.33. The van der Waals surface area contributed by atoms with Crippen LogP contribution < -0.4 is 4.90 Å². The lowest BCUT2D eigenvalue weighted by Gasteiger charge is -2.31. The average molecular weight is 340 g/mol. The van der Waals surface area contributed by atoms with E-state index in [0.717, 1.165) is 42.0 Å². The Balaban J connectivity index is 1.75. The van der Waals surface area contributed by atoms with Crippen molar-refractivity contribution < 1.29 is 0 Å². The van der Waals surface area contributed by atoms with Crippen molar-refractivity contribution in [3.05, 3.63) is 59.1 Å². The fraction of sp³-hybridized carbons (Fsp3) is 0.350. The Hall–Kier alpha value is -2.00. The molecule has 4 heteroatoms. The van der Waals surface area contributed by atoms with E-state index in [0.29, 0.717) is 0 Å². The zero-order chi connectivity index (χ0) is 16.5. The summed E-state index contributed by atoms with van der Waals surface area (Å²) in [6, 6.07) is 16.5. The van der Waals surface area contributed by atoms with Crippen LogP contribution in [0.1, 0.15) is 25.3 Å². The highest BCUT2D eigenvalue weighted by Gasteiger charge is 2.21. The summed E-state index contributed by atoms with van der Waals surface area (Å²) in [5.74, 6) is 1.90. The van der Waals surface area contributed by atoms with Crippen molar-refractivity contribution in [2.75, 3.05) is 18.0 Å². The monoisotopic (exact) mass is 339 g/mol. The maximum atomic E-state index is 6.17. The van der Waals surface area contributed by atoms with Crippen LogP contribution in [-0.4, -0.2) is 22.6 Å². The molecule has 24 heavy (non-hydrogen) atoms. The van der Waals surface area contributed by atoms with Crippen LogP contribution in [0.4, 0.5) is 5.95 Å². The van der Waals surface area contributed by atoms with Crippen molar-refractivity contribution >= 4 is 28.6 Å². The van der Waals surface area contributed by atoms with Crippen molar-refractivity contribution in [2.24, 2.45) is 5.92 Å². The number of nitrogens with zero attached hydrogens (tertiary/aromatic N) is 3. The third-order valence-corrected chi connectivity index (χ3v) is 5.17. The van der Waals surface area contributed by atoms with Crippen LogP contribution in [0.5, 0.6) is 0 Å². The zero-order valence-electron chi connectivity index (χ0n) is 14.0. The average Bonchev–Trinajstić information content (AvgIpc) is 2.94. The Morgan fingerprint density at radius 2 is 1.88 bits per heavy atom. The Morgan fingerprint density at radius 3 is 2.67 bits per heavy atom. The van der Waals surface area contributed by atoms with Crippen LogP contribution in [0.25, 0.3) is 11.0 Å². The molecule has 0 saturated carbocycles. The van der Waals surface area contributed by atoms with Crippen molar-refractivity contribution in [1.82, 2.24) is 9.55 Å². The fourth-order valence-corrected chi connectivity index (χ4v) is 3.70. The van der Waals surface area contributed by atoms with E-state index in [4.69, 9.17) is 16.6 Å². The van der Waals surface area contributed by atoms with Gasteiger partial charge in [0.1, 0.15) is 0 Å². The summed E-state index contributed by atoms with van der Waals surface area (Å²) in [5, 5.41) is 0.783. The lowest BCUT2D eigenvalue weighted by molar-refractivity contribution is 0.432. The molecule has 2 aromatic carbocycles. The topological polar surface area (TPSA) is 21.1 Å². The maximum Gasteiger partial charge on any atom is 0.206 e. The molecule has 0 amide bonds. The van der Waals surface area contributed by atoms with Crippen LogP contribution in [0.3, 0.4) is 0 Å². The normalized spacial score (nSPS) is 16.0. The van der Waals surface area contributed by atoms with E-state index >= 15 is 0 Å². The first kappa shape index (κ1) is 15.5. The van der Waals surface area contributed by atoms with Crippen LogP contribution in [-0.2, 0) is 6.54 Å². The van der Waals surface area contributed by atoms with Gasteiger partial charge in [0.2, 0.25) is 5.95 Å². The minimum atomic E-state index is 0.783. The number of halogens is 1. The fourth-order valence-electron chi connectivity index (χ4n) is 3.49. The molecule has 0 spiro atoms. The molecule has 0 unspecified atom stereocenters. The predicted octanol–water partition coefficient (Wildman–Crippen LogP) is 4.97. The van der Waals surface area contributed by atoms with Gasteiger partial charge in [0.05, 0.1) is 17.6 Å². The van der Waals surface area contributed by atoms with Gasteiger partial charge in [-0.15, -0.1) is 0 Å². The molecule has 1 aliphatic heterocycles. The number of fused-ring (bicyclic) bond motifs is 1. The first-order chi connectivity index (χ1) is 11.7. The van der Waals surface area contributed by atoms with Gasteiger partial charge in [-0.3, -0.25) is 0 Å². The molecule has 1 aromatic heterocycles. The van der Waals surface area contributed by atoms with Gasteiger partial charge in [-0.25, -0.2) is 4.98 Å². The summed E-state index contributed by atoms with van der Waals surface area (Å²) in [4.78, 5) is 7.37. The minimum absolute atomic E-state index is 0.783. The van der Waals surface area contributed by atoms with Crippen LogP contribution in [0.2, 0.25) is 5.02 Å². The Bertz CT molecular complexity index is 847. The van der Waals surface area contributed by atoms with E-state index in [1.54, 1.807) is 0 Å². The number of anilines is 1. The number of benzene rings is 2. The van der Waals surface area contributed by atoms with Crippen molar-refractivity contribution in [3.63, 3.8) is 0 Å². The second kappa shape index (κ2) is 6.48. The van der Waals surface area contributed by atoms with E-state index in [1.807, 2.05) is 18.2 Å². The first-order valence-electron chi connectivity index (χ1n) is 8.65. The minimum Gasteiger partial charge on any atom is -0.342 e. The number of hydrogen-bond donors (Lipinski definition) is 0. The molecule has 4 rings (SSSR count). The lowest BCUT2D eigenvalue weighted by Crippen LogP contribution is -2.34. The molecule has 0 atom stereocenters. The van der Waals surface area contributed by atoms with E-state index in [9.17, 15) is 0 Å². The highest BCUT2D eigenvalue weighted by molar-refractivity contribution is 6.30. The van der Waals surface area contributed by atoms with Crippen LogP contribution >= 0.6 is 11.6 Å². The number of hydrogen-bond acceptors (Lipinski definition) is 2. The number of piperidine rings is 1. The SMILES string of the molecule is CC1CCN(c2nc3ccccc3n2Cc2cccc(Cl)c2)CC1. The van der Waals surface area contributed by atoms with Gasteiger partial charge in [0.25, 0.3) is 0 Å². The first-order valence-corrected chi connectivity index (χ1v) is 9.03. The molecule has 2 heterocycles. The van der Waals surface area contributed by atoms with E-state index in [-0.39, 0.29) is 0 Å². The summed E-state index contributed by atoms with van der Waals surface area (Å²) >= 11 is 6.17. The van der Waals surface area contributed by atoms with Crippen LogP contribution in [0, 0.1) is 5.92 Å². The standard InChI is InChI=1S/C20H22ClN3/c1-15-9-11-23(12-10-15)20-22-18-7-2-3-8-19(18)24(20)14-16-5-4-6-17(21)13-16/h2-8,13,15H,9-12,14H2,1H3. The summed E-state index contributed by atoms with van der Waals surface area (Å²) in [7, 11) is 0. The molecule has 1 aliphatic rings. The third-order valence-electron chi connectivity index (χ3n) is 4.93. The van der Waals surface area contributed by atoms with E-state index in [1.165, 1.54) is 23.9 Å². The van der Waals surface area contributed by atoms with Crippen molar-refractivity contribution in [1.29, 1.82) is 0 Å². The molecule has 1 saturated heterocycles. The maximum absolute atomic E-state index is 6.17. The number of imidazole rings is 1. The molecule has 3 nitrogen and oxygen atoms in total. The number of para-hydroxylation sites is 2. The van der Waals surface area contributed by atoms with Gasteiger partial charge < -0.3 is 9.47 Å². The zero-order valence-corrected chi connectivity index (χ0v) is 14.7. The molecular weight excluding hydrogens is 318 g/mol. The molecule has 0 aliphatic carbocycles. The molecule has 124 valence electrons. The Morgan fingerprint density at radius 1 is 1.08 bits per heavy atom. The van der Waals surface area contributed by atoms with E-state index < -0.39 is 0 Å². The van der Waals surface area contributed by atoms with Gasteiger partial charge in [-0.05, 0) is 48.6 Å². The summed E-state index contributed by atoms with van der Waals surface area (Å²) in [6.45, 7) is 5.30. The quantitative estimate of drug-likeness (QED) is 0.671.